The second kappa shape index (κ2) is 6.44. The lowest BCUT2D eigenvalue weighted by Gasteiger charge is -2.18. The predicted octanol–water partition coefficient (Wildman–Crippen LogP) is 3.21. The quantitative estimate of drug-likeness (QED) is 0.749. The van der Waals surface area contributed by atoms with Gasteiger partial charge in [0, 0.05) is 0 Å². The number of hydrogen-bond donors (Lipinski definition) is 2. The van der Waals surface area contributed by atoms with E-state index in [0.717, 1.165) is 11.3 Å². The van der Waals surface area contributed by atoms with Gasteiger partial charge in [0.25, 0.3) is 0 Å². The molecule has 0 unspecified atom stereocenters. The van der Waals surface area contributed by atoms with Gasteiger partial charge < -0.3 is 19.3 Å². The molecule has 7 nitrogen and oxygen atoms in total. The van der Waals surface area contributed by atoms with E-state index < -0.39 is 5.97 Å². The third kappa shape index (κ3) is 2.73. The molecule has 1 aliphatic heterocycles. The van der Waals surface area contributed by atoms with Crippen molar-refractivity contribution in [2.24, 2.45) is 0 Å². The zero-order valence-corrected chi connectivity index (χ0v) is 14.0. The number of aromatic carboxylic acids is 1. The van der Waals surface area contributed by atoms with Crippen molar-refractivity contribution in [1.29, 1.82) is 0 Å². The van der Waals surface area contributed by atoms with Gasteiger partial charge in [0.2, 0.25) is 0 Å². The summed E-state index contributed by atoms with van der Waals surface area (Å²) in [5, 5.41) is 17.1. The number of ether oxygens (including phenoxy) is 3. The zero-order chi connectivity index (χ0) is 18.1. The predicted molar refractivity (Wildman–Crippen MR) is 96.0 cm³/mol. The molecule has 0 amide bonds. The molecule has 0 aliphatic carbocycles. The molecule has 4 rings (SSSR count). The normalized spacial score (nSPS) is 13.3. The number of fused-ring (bicyclic) bond motifs is 2. The second-order valence-corrected chi connectivity index (χ2v) is 5.72. The summed E-state index contributed by atoms with van der Waals surface area (Å²) in [4.78, 5) is 11.4. The van der Waals surface area contributed by atoms with Gasteiger partial charge in [-0.1, -0.05) is 12.1 Å². The Bertz CT molecular complexity index is 1020. The molecule has 3 aromatic rings. The van der Waals surface area contributed by atoms with E-state index in [1.165, 1.54) is 13.2 Å². The Hall–Kier alpha value is -3.48. The maximum atomic E-state index is 11.4. The number of carboxylic acid groups (broad SMARTS) is 1. The van der Waals surface area contributed by atoms with Gasteiger partial charge in [-0.2, -0.15) is 5.10 Å². The minimum atomic E-state index is -1.05. The standard InChI is InChI=1S/C19H16N2O5/c1-24-18-12(19(22)23)4-6-14-17(18)13(20-21-14)5-2-11-3-7-15-16(10-11)26-9-8-25-15/h2-7,10H,8-9H2,1H3,(H,20,21)(H,22,23). The number of H-pyrrole nitrogens is 1. The van der Waals surface area contributed by atoms with E-state index in [0.29, 0.717) is 35.6 Å². The average molecular weight is 352 g/mol. The molecule has 0 atom stereocenters. The highest BCUT2D eigenvalue weighted by Crippen LogP contribution is 2.33. The smallest absolute Gasteiger partial charge is 0.339 e. The molecule has 26 heavy (non-hydrogen) atoms. The molecule has 1 aliphatic rings. The van der Waals surface area contributed by atoms with Crippen molar-refractivity contribution in [3.63, 3.8) is 0 Å². The highest BCUT2D eigenvalue weighted by molar-refractivity contribution is 6.02. The number of nitrogens with one attached hydrogen (secondary N) is 1. The molecule has 2 N–H and O–H groups in total. The lowest BCUT2D eigenvalue weighted by Crippen LogP contribution is -2.15. The van der Waals surface area contributed by atoms with E-state index in [1.807, 2.05) is 24.3 Å². The first-order valence-corrected chi connectivity index (χ1v) is 8.03. The number of carbonyl (C=O) groups is 1. The van der Waals surface area contributed by atoms with Crippen LogP contribution in [0.3, 0.4) is 0 Å². The third-order valence-corrected chi connectivity index (χ3v) is 4.15. The van der Waals surface area contributed by atoms with Crippen LogP contribution >= 0.6 is 0 Å². The molecule has 2 aromatic carbocycles. The van der Waals surface area contributed by atoms with Crippen molar-refractivity contribution in [2.75, 3.05) is 20.3 Å². The molecule has 0 fully saturated rings. The van der Waals surface area contributed by atoms with Crippen LogP contribution < -0.4 is 14.2 Å². The van der Waals surface area contributed by atoms with Gasteiger partial charge in [-0.15, -0.1) is 0 Å². The van der Waals surface area contributed by atoms with E-state index in [2.05, 4.69) is 10.2 Å². The van der Waals surface area contributed by atoms with Crippen molar-refractivity contribution in [1.82, 2.24) is 10.2 Å². The minimum Gasteiger partial charge on any atom is -0.495 e. The zero-order valence-electron chi connectivity index (χ0n) is 14.0. The monoisotopic (exact) mass is 352 g/mol. The topological polar surface area (TPSA) is 93.7 Å². The summed E-state index contributed by atoms with van der Waals surface area (Å²) >= 11 is 0. The second-order valence-electron chi connectivity index (χ2n) is 5.72. The fourth-order valence-electron chi connectivity index (χ4n) is 2.95. The first-order chi connectivity index (χ1) is 12.7. The minimum absolute atomic E-state index is 0.0929. The molecule has 7 heteroatoms. The van der Waals surface area contributed by atoms with Gasteiger partial charge in [-0.05, 0) is 35.9 Å². The lowest BCUT2D eigenvalue weighted by atomic mass is 10.1. The number of aromatic nitrogens is 2. The Labute approximate surface area is 148 Å². The molecule has 1 aromatic heterocycles. The summed E-state index contributed by atoms with van der Waals surface area (Å²) in [7, 11) is 1.45. The van der Waals surface area contributed by atoms with Crippen LogP contribution in [0.2, 0.25) is 0 Å². The van der Waals surface area contributed by atoms with Gasteiger partial charge in [0.1, 0.15) is 24.5 Å². The Balaban J connectivity index is 1.74. The third-order valence-electron chi connectivity index (χ3n) is 4.15. The van der Waals surface area contributed by atoms with E-state index in [-0.39, 0.29) is 11.3 Å². The molecular formula is C19H16N2O5. The molecular weight excluding hydrogens is 336 g/mol. The number of aromatic amines is 1. The summed E-state index contributed by atoms with van der Waals surface area (Å²) in [5.74, 6) is 0.666. The Kier molecular flexibility index (Phi) is 3.96. The molecule has 0 spiro atoms. The van der Waals surface area contributed by atoms with E-state index in [4.69, 9.17) is 14.2 Å². The SMILES string of the molecule is COc1c(C(=O)O)ccc2[nH]nc(C=Cc3ccc4c(c3)OCCO4)c12. The van der Waals surface area contributed by atoms with Gasteiger partial charge in [-0.25, -0.2) is 4.79 Å². The van der Waals surface area contributed by atoms with Gasteiger partial charge >= 0.3 is 5.97 Å². The van der Waals surface area contributed by atoms with Crippen molar-refractivity contribution in [2.45, 2.75) is 0 Å². The average Bonchev–Trinajstić information content (AvgIpc) is 3.08. The van der Waals surface area contributed by atoms with E-state index in [1.54, 1.807) is 12.1 Å². The number of benzene rings is 2. The van der Waals surface area contributed by atoms with Crippen LogP contribution in [0.4, 0.5) is 0 Å². The van der Waals surface area contributed by atoms with Crippen LogP contribution in [0.1, 0.15) is 21.6 Å². The molecule has 0 radical (unpaired) electrons. The van der Waals surface area contributed by atoms with Crippen LogP contribution in [0, 0.1) is 0 Å². The van der Waals surface area contributed by atoms with Gasteiger partial charge in [0.15, 0.2) is 11.5 Å². The van der Waals surface area contributed by atoms with Gasteiger partial charge in [-0.3, -0.25) is 5.10 Å². The summed E-state index contributed by atoms with van der Waals surface area (Å²) in [6.45, 7) is 1.08. The van der Waals surface area contributed by atoms with E-state index in [9.17, 15) is 9.90 Å². The van der Waals surface area contributed by atoms with Crippen molar-refractivity contribution in [3.8, 4) is 17.2 Å². The van der Waals surface area contributed by atoms with Crippen LogP contribution in [0.5, 0.6) is 17.2 Å². The fourth-order valence-corrected chi connectivity index (χ4v) is 2.95. The number of methoxy groups -OCH3 is 1. The lowest BCUT2D eigenvalue weighted by molar-refractivity contribution is 0.0693. The maximum absolute atomic E-state index is 11.4. The molecule has 0 saturated carbocycles. The van der Waals surface area contributed by atoms with Crippen LogP contribution in [-0.2, 0) is 0 Å². The highest BCUT2D eigenvalue weighted by Gasteiger charge is 2.18. The highest BCUT2D eigenvalue weighted by atomic mass is 16.6. The molecule has 132 valence electrons. The molecule has 0 bridgehead atoms. The van der Waals surface area contributed by atoms with Gasteiger partial charge in [0.05, 0.1) is 23.7 Å². The first-order valence-electron chi connectivity index (χ1n) is 8.03. The Morgan fingerprint density at radius 3 is 2.77 bits per heavy atom. The first kappa shape index (κ1) is 16.0. The largest absolute Gasteiger partial charge is 0.495 e. The Morgan fingerprint density at radius 2 is 2.00 bits per heavy atom. The molecule has 2 heterocycles. The van der Waals surface area contributed by atoms with Crippen LogP contribution in [0.25, 0.3) is 23.1 Å². The summed E-state index contributed by atoms with van der Waals surface area (Å²) in [5.41, 5.74) is 2.30. The fraction of sp³-hybridized carbons (Fsp3) is 0.158. The van der Waals surface area contributed by atoms with Crippen molar-refractivity contribution >= 4 is 29.0 Å². The van der Waals surface area contributed by atoms with E-state index >= 15 is 0 Å². The van der Waals surface area contributed by atoms with Crippen molar-refractivity contribution < 1.29 is 24.1 Å². The van der Waals surface area contributed by atoms with Crippen LogP contribution in [0.15, 0.2) is 30.3 Å². The number of nitrogens with zero attached hydrogens (tertiary/aromatic N) is 1. The maximum Gasteiger partial charge on any atom is 0.339 e. The summed E-state index contributed by atoms with van der Waals surface area (Å²) in [6.07, 6.45) is 3.68. The van der Waals surface area contributed by atoms with Crippen LogP contribution in [-0.4, -0.2) is 41.6 Å². The van der Waals surface area contributed by atoms with Crippen molar-refractivity contribution in [3.05, 3.63) is 47.2 Å². The number of carboxylic acids is 1. The molecule has 0 saturated heterocycles. The Morgan fingerprint density at radius 1 is 1.19 bits per heavy atom. The summed E-state index contributed by atoms with van der Waals surface area (Å²) in [6, 6.07) is 8.84. The summed E-state index contributed by atoms with van der Waals surface area (Å²) < 4.78 is 16.4. The number of hydrogen-bond acceptors (Lipinski definition) is 5. The number of rotatable bonds is 4.